The van der Waals surface area contributed by atoms with E-state index in [0.717, 1.165) is 72.6 Å². The molecule has 0 saturated carbocycles. The molecule has 0 spiro atoms. The summed E-state index contributed by atoms with van der Waals surface area (Å²) in [5, 5.41) is 0. The van der Waals surface area contributed by atoms with E-state index in [9.17, 15) is 0 Å². The fourth-order valence-electron chi connectivity index (χ4n) is 5.95. The Labute approximate surface area is 283 Å². The van der Waals surface area contributed by atoms with Gasteiger partial charge < -0.3 is 5.73 Å². The van der Waals surface area contributed by atoms with Crippen LogP contribution in [0.5, 0.6) is 0 Å². The van der Waals surface area contributed by atoms with Crippen molar-refractivity contribution in [2.75, 3.05) is 5.73 Å². The van der Waals surface area contributed by atoms with Crippen molar-refractivity contribution in [3.8, 4) is 78.4 Å². The summed E-state index contributed by atoms with van der Waals surface area (Å²) in [7, 11) is 0. The first-order valence-electron chi connectivity index (χ1n) is 15.8. The number of pyridine rings is 4. The van der Waals surface area contributed by atoms with Gasteiger partial charge in [-0.05, 0) is 130 Å². The normalized spacial score (nSPS) is 10.9. The zero-order chi connectivity index (χ0) is 33.0. The lowest BCUT2D eigenvalue weighted by molar-refractivity contribution is 1.18. The van der Waals surface area contributed by atoms with Crippen LogP contribution < -0.4 is 5.73 Å². The molecule has 7 heteroatoms. The molecule has 5 aromatic heterocycles. The third kappa shape index (κ3) is 6.41. The Balaban J connectivity index is 1.35. The van der Waals surface area contributed by atoms with E-state index >= 15 is 0 Å². The highest BCUT2D eigenvalue weighted by Crippen LogP contribution is 2.36. The van der Waals surface area contributed by atoms with E-state index in [1.165, 1.54) is 0 Å². The van der Waals surface area contributed by atoms with Gasteiger partial charge in [0.05, 0.1) is 11.4 Å². The van der Waals surface area contributed by atoms with Crippen molar-refractivity contribution in [2.24, 2.45) is 0 Å². The van der Waals surface area contributed by atoms with Gasteiger partial charge in [-0.3, -0.25) is 19.9 Å². The van der Waals surface area contributed by atoms with Crippen LogP contribution in [0.2, 0.25) is 0 Å². The van der Waals surface area contributed by atoms with Crippen molar-refractivity contribution in [3.05, 3.63) is 165 Å². The minimum atomic E-state index is 0.603. The van der Waals surface area contributed by atoms with Crippen LogP contribution in [0.25, 0.3) is 78.4 Å². The minimum absolute atomic E-state index is 0.603. The summed E-state index contributed by atoms with van der Waals surface area (Å²) in [5.74, 6) is 0.603. The average Bonchev–Trinajstić information content (AvgIpc) is 3.19. The van der Waals surface area contributed by atoms with Crippen LogP contribution in [0.4, 0.5) is 5.69 Å². The number of hydrogen-bond donors (Lipinski definition) is 1. The molecule has 0 atom stereocenters. The number of benzene rings is 3. The number of anilines is 1. The maximum Gasteiger partial charge on any atom is 0.160 e. The van der Waals surface area contributed by atoms with Gasteiger partial charge in [0, 0.05) is 77.5 Å². The number of rotatable bonds is 7. The lowest BCUT2D eigenvalue weighted by atomic mass is 9.95. The van der Waals surface area contributed by atoms with Crippen LogP contribution >= 0.6 is 0 Å². The van der Waals surface area contributed by atoms with E-state index in [2.05, 4.69) is 56.3 Å². The predicted molar refractivity (Wildman–Crippen MR) is 196 cm³/mol. The third-order valence-corrected chi connectivity index (χ3v) is 8.36. The van der Waals surface area contributed by atoms with Crippen LogP contribution in [-0.4, -0.2) is 29.9 Å². The van der Waals surface area contributed by atoms with Crippen molar-refractivity contribution in [1.29, 1.82) is 0 Å². The van der Waals surface area contributed by atoms with Gasteiger partial charge in [-0.25, -0.2) is 9.97 Å². The summed E-state index contributed by atoms with van der Waals surface area (Å²) >= 11 is 0. The largest absolute Gasteiger partial charge is 0.399 e. The zero-order valence-corrected chi connectivity index (χ0v) is 26.3. The molecule has 7 nitrogen and oxygen atoms in total. The Morgan fingerprint density at radius 3 is 1.33 bits per heavy atom. The fraction of sp³-hybridized carbons (Fsp3) is 0. The fourth-order valence-corrected chi connectivity index (χ4v) is 5.95. The van der Waals surface area contributed by atoms with E-state index < -0.39 is 0 Å². The SMILES string of the molecule is Nc1cc(-c2ccncc2)cc(-c2cc(-c3cc(-c4ccncc4)cc(-c4ccncc4)c3)nc(-c3cccc(-c4cccnc4)c3)n2)c1. The highest BCUT2D eigenvalue weighted by molar-refractivity contribution is 5.83. The summed E-state index contributed by atoms with van der Waals surface area (Å²) < 4.78 is 0. The zero-order valence-electron chi connectivity index (χ0n) is 26.3. The van der Waals surface area contributed by atoms with Gasteiger partial charge in [-0.15, -0.1) is 0 Å². The molecule has 0 aliphatic rings. The van der Waals surface area contributed by atoms with Crippen LogP contribution in [0.15, 0.2) is 165 Å². The first kappa shape index (κ1) is 29.5. The Morgan fingerprint density at radius 2 is 0.776 bits per heavy atom. The second-order valence-electron chi connectivity index (χ2n) is 11.6. The molecule has 0 amide bonds. The molecule has 0 unspecified atom stereocenters. The molecule has 8 rings (SSSR count). The van der Waals surface area contributed by atoms with Crippen molar-refractivity contribution in [2.45, 2.75) is 0 Å². The van der Waals surface area contributed by atoms with Crippen LogP contribution in [0, 0.1) is 0 Å². The molecule has 8 aromatic rings. The van der Waals surface area contributed by atoms with Gasteiger partial charge in [-0.2, -0.15) is 0 Å². The molecule has 0 radical (unpaired) electrons. The topological polar surface area (TPSA) is 103 Å². The molecule has 3 aromatic carbocycles. The molecule has 0 aliphatic carbocycles. The van der Waals surface area contributed by atoms with Crippen molar-refractivity contribution < 1.29 is 0 Å². The second kappa shape index (κ2) is 13.1. The molecule has 0 bridgehead atoms. The molecular formula is C42H29N7. The van der Waals surface area contributed by atoms with E-state index in [1.807, 2.05) is 110 Å². The van der Waals surface area contributed by atoms with Crippen LogP contribution in [0.3, 0.4) is 0 Å². The highest BCUT2D eigenvalue weighted by Gasteiger charge is 2.15. The Hall–Kier alpha value is -6.86. The summed E-state index contributed by atoms with van der Waals surface area (Å²) in [4.78, 5) is 27.4. The van der Waals surface area contributed by atoms with Gasteiger partial charge >= 0.3 is 0 Å². The molecule has 5 heterocycles. The molecule has 232 valence electrons. The van der Waals surface area contributed by atoms with Gasteiger partial charge in [0.15, 0.2) is 5.82 Å². The van der Waals surface area contributed by atoms with E-state index in [4.69, 9.17) is 15.7 Å². The molecule has 49 heavy (non-hydrogen) atoms. The summed E-state index contributed by atoms with van der Waals surface area (Å²) in [6.45, 7) is 0. The number of nitrogen functional groups attached to an aromatic ring is 1. The highest BCUT2D eigenvalue weighted by atomic mass is 14.9. The molecule has 0 saturated heterocycles. The Bertz CT molecular complexity index is 2320. The average molecular weight is 632 g/mol. The van der Waals surface area contributed by atoms with Gasteiger partial charge in [0.1, 0.15) is 0 Å². The van der Waals surface area contributed by atoms with Crippen molar-refractivity contribution >= 4 is 5.69 Å². The van der Waals surface area contributed by atoms with Gasteiger partial charge in [0.2, 0.25) is 0 Å². The Kier molecular flexibility index (Phi) is 7.89. The maximum absolute atomic E-state index is 6.51. The molecule has 0 aliphatic heterocycles. The maximum atomic E-state index is 6.51. The third-order valence-electron chi connectivity index (χ3n) is 8.36. The summed E-state index contributed by atoms with van der Waals surface area (Å²) in [5.41, 5.74) is 19.7. The van der Waals surface area contributed by atoms with Crippen molar-refractivity contribution in [1.82, 2.24) is 29.9 Å². The molecule has 2 N–H and O–H groups in total. The number of hydrogen-bond acceptors (Lipinski definition) is 7. The van der Waals surface area contributed by atoms with E-state index in [-0.39, 0.29) is 0 Å². The number of aromatic nitrogens is 6. The van der Waals surface area contributed by atoms with Gasteiger partial charge in [-0.1, -0.05) is 24.3 Å². The second-order valence-corrected chi connectivity index (χ2v) is 11.6. The van der Waals surface area contributed by atoms with E-state index in [1.54, 1.807) is 18.6 Å². The summed E-state index contributed by atoms with van der Waals surface area (Å²) in [6, 6.07) is 38.9. The lowest BCUT2D eigenvalue weighted by Crippen LogP contribution is -1.98. The van der Waals surface area contributed by atoms with E-state index in [0.29, 0.717) is 11.5 Å². The minimum Gasteiger partial charge on any atom is -0.399 e. The Morgan fingerprint density at radius 1 is 0.327 bits per heavy atom. The first-order chi connectivity index (χ1) is 24.2. The standard InChI is InChI=1S/C42H29N7/c43-39-24-36(30-10-17-46-18-11-30)23-38(25-39)41-26-40(48-42(49-41)32-4-1-3-31(19-32)33-5-2-12-47-27-33)37-21-34(28-6-13-44-14-7-28)20-35(22-37)29-8-15-45-16-9-29/h1-27H,43H2. The van der Waals surface area contributed by atoms with Crippen LogP contribution in [0.1, 0.15) is 0 Å². The quantitative estimate of drug-likeness (QED) is 0.175. The monoisotopic (exact) mass is 631 g/mol. The predicted octanol–water partition coefficient (Wildman–Crippen LogP) is 9.31. The number of nitrogens with zero attached hydrogens (tertiary/aromatic N) is 6. The first-order valence-corrected chi connectivity index (χ1v) is 15.8. The van der Waals surface area contributed by atoms with Crippen molar-refractivity contribution in [3.63, 3.8) is 0 Å². The summed E-state index contributed by atoms with van der Waals surface area (Å²) in [6.07, 6.45) is 14.4. The smallest absolute Gasteiger partial charge is 0.160 e. The van der Waals surface area contributed by atoms with Gasteiger partial charge in [0.25, 0.3) is 0 Å². The molecular weight excluding hydrogens is 603 g/mol. The number of nitrogens with two attached hydrogens (primary N) is 1. The van der Waals surface area contributed by atoms with Crippen LogP contribution in [-0.2, 0) is 0 Å². The lowest BCUT2D eigenvalue weighted by Gasteiger charge is -2.14. The molecule has 0 fully saturated rings.